The number of likely N-dealkylation sites (N-methyl/N-ethyl adjacent to an activating group) is 1. The lowest BCUT2D eigenvalue weighted by molar-refractivity contribution is -0.139. The first-order valence-corrected chi connectivity index (χ1v) is 9.27. The Morgan fingerprint density at radius 3 is 2.35 bits per heavy atom. The van der Waals surface area contributed by atoms with Gasteiger partial charge in [0, 0.05) is 18.0 Å². The quantitative estimate of drug-likeness (QED) is 0.859. The van der Waals surface area contributed by atoms with E-state index in [-0.39, 0.29) is 11.9 Å². The highest BCUT2D eigenvalue weighted by Gasteiger charge is 2.42. The van der Waals surface area contributed by atoms with Gasteiger partial charge < -0.3 is 10.2 Å². The largest absolute Gasteiger partial charge is 0.341 e. The topological polar surface area (TPSA) is 61.4 Å². The summed E-state index contributed by atoms with van der Waals surface area (Å²) in [7, 11) is 0. The Balaban J connectivity index is 2.11. The molecule has 1 saturated carbocycles. The van der Waals surface area contributed by atoms with Crippen LogP contribution in [0.3, 0.4) is 0 Å². The molecule has 6 heteroatoms. The zero-order valence-electron chi connectivity index (χ0n) is 14.3. The predicted molar refractivity (Wildman–Crippen MR) is 95.0 cm³/mol. The molecule has 1 aromatic heterocycles. The van der Waals surface area contributed by atoms with Crippen molar-refractivity contribution >= 4 is 28.3 Å². The molecule has 0 aliphatic heterocycles. The van der Waals surface area contributed by atoms with Crippen LogP contribution >= 0.6 is 11.3 Å². The molecule has 0 atom stereocenters. The second-order valence-corrected chi connectivity index (χ2v) is 7.40. The van der Waals surface area contributed by atoms with Crippen molar-refractivity contribution in [3.05, 3.63) is 17.0 Å². The summed E-state index contributed by atoms with van der Waals surface area (Å²) in [6.45, 7) is 7.30. The van der Waals surface area contributed by atoms with Gasteiger partial charge in [-0.25, -0.2) is 4.79 Å². The summed E-state index contributed by atoms with van der Waals surface area (Å²) in [4.78, 5) is 28.3. The number of rotatable bonds is 5. The number of carbonyl (C=O) groups excluding carboxylic acids is 2. The molecule has 2 rings (SSSR count). The molecule has 1 aliphatic rings. The molecule has 5 nitrogen and oxygen atoms in total. The van der Waals surface area contributed by atoms with Gasteiger partial charge in [-0.1, -0.05) is 19.3 Å². The number of hydrogen-bond donors (Lipinski definition) is 2. The Kier molecular flexibility index (Phi) is 6.04. The first kappa shape index (κ1) is 17.8. The fourth-order valence-electron chi connectivity index (χ4n) is 3.22. The third kappa shape index (κ3) is 4.25. The Hall–Kier alpha value is -1.56. The number of nitrogens with zero attached hydrogens (tertiary/aromatic N) is 1. The first-order chi connectivity index (χ1) is 11.0. The molecule has 3 amide bonds. The number of hydrogen-bond acceptors (Lipinski definition) is 3. The Bertz CT molecular complexity index is 546. The average Bonchev–Trinajstić information content (AvgIpc) is 2.94. The Morgan fingerprint density at radius 2 is 1.83 bits per heavy atom. The highest BCUT2D eigenvalue weighted by Crippen LogP contribution is 2.30. The third-order valence-electron chi connectivity index (χ3n) is 4.50. The lowest BCUT2D eigenvalue weighted by Gasteiger charge is -2.39. The van der Waals surface area contributed by atoms with Gasteiger partial charge in [-0.05, 0) is 45.7 Å². The maximum absolute atomic E-state index is 13.0. The highest BCUT2D eigenvalue weighted by molar-refractivity contribution is 7.16. The van der Waals surface area contributed by atoms with E-state index in [9.17, 15) is 9.59 Å². The van der Waals surface area contributed by atoms with Crippen LogP contribution in [0.1, 0.15) is 50.8 Å². The molecule has 0 unspecified atom stereocenters. The van der Waals surface area contributed by atoms with Crippen molar-refractivity contribution in [3.8, 4) is 0 Å². The molecule has 0 saturated heterocycles. The first-order valence-electron chi connectivity index (χ1n) is 8.45. The van der Waals surface area contributed by atoms with Gasteiger partial charge in [0.1, 0.15) is 5.54 Å². The fourth-order valence-corrected chi connectivity index (χ4v) is 3.99. The number of anilines is 1. The van der Waals surface area contributed by atoms with Crippen LogP contribution in [0.15, 0.2) is 12.1 Å². The van der Waals surface area contributed by atoms with Crippen molar-refractivity contribution < 1.29 is 9.59 Å². The molecular formula is C17H27N3O2S. The molecule has 1 aliphatic carbocycles. The number of aryl methyl sites for hydroxylation is 1. The molecule has 0 radical (unpaired) electrons. The van der Waals surface area contributed by atoms with E-state index < -0.39 is 5.54 Å². The maximum Gasteiger partial charge on any atom is 0.320 e. The van der Waals surface area contributed by atoms with Crippen molar-refractivity contribution in [2.45, 2.75) is 58.4 Å². The van der Waals surface area contributed by atoms with Gasteiger partial charge in [-0.2, -0.15) is 0 Å². The maximum atomic E-state index is 13.0. The molecule has 128 valence electrons. The molecule has 0 aromatic carbocycles. The van der Waals surface area contributed by atoms with E-state index in [0.29, 0.717) is 13.1 Å². The van der Waals surface area contributed by atoms with E-state index in [0.717, 1.165) is 42.0 Å². The van der Waals surface area contributed by atoms with E-state index in [4.69, 9.17) is 0 Å². The van der Waals surface area contributed by atoms with Gasteiger partial charge in [0.15, 0.2) is 0 Å². The molecule has 1 fully saturated rings. The summed E-state index contributed by atoms with van der Waals surface area (Å²) in [5.74, 6) is 0.0553. The number of amides is 3. The Morgan fingerprint density at radius 1 is 1.17 bits per heavy atom. The van der Waals surface area contributed by atoms with Gasteiger partial charge in [0.2, 0.25) is 5.91 Å². The van der Waals surface area contributed by atoms with Crippen molar-refractivity contribution in [1.29, 1.82) is 0 Å². The number of urea groups is 1. The molecule has 2 N–H and O–H groups in total. The lowest BCUT2D eigenvalue weighted by atomic mass is 9.80. The summed E-state index contributed by atoms with van der Waals surface area (Å²) in [5, 5.41) is 6.67. The van der Waals surface area contributed by atoms with E-state index in [2.05, 4.69) is 10.6 Å². The van der Waals surface area contributed by atoms with Crippen LogP contribution in [0.25, 0.3) is 0 Å². The summed E-state index contributed by atoms with van der Waals surface area (Å²) in [6.07, 6.45) is 4.52. The summed E-state index contributed by atoms with van der Waals surface area (Å²) >= 11 is 1.53. The molecule has 0 spiro atoms. The van der Waals surface area contributed by atoms with Gasteiger partial charge in [-0.3, -0.25) is 10.1 Å². The minimum Gasteiger partial charge on any atom is -0.341 e. The minimum absolute atomic E-state index is 0.0553. The van der Waals surface area contributed by atoms with Crippen LogP contribution in [-0.2, 0) is 4.79 Å². The number of carbonyl (C=O) groups is 2. The van der Waals surface area contributed by atoms with Crippen molar-refractivity contribution in [1.82, 2.24) is 10.2 Å². The van der Waals surface area contributed by atoms with E-state index in [1.807, 2.05) is 37.8 Å². The molecule has 23 heavy (non-hydrogen) atoms. The number of thiophene rings is 1. The molecule has 1 heterocycles. The normalized spacial score (nSPS) is 16.7. The standard InChI is InChI=1S/C17H27N3O2S/c1-4-20(5-2)15(21)17(11-7-6-8-12-17)19-16(22)18-14-10-9-13(3)23-14/h9-10H,4-8,11-12H2,1-3H3,(H2,18,19,22). The van der Waals surface area contributed by atoms with E-state index >= 15 is 0 Å². The highest BCUT2D eigenvalue weighted by atomic mass is 32.1. The van der Waals surface area contributed by atoms with Crippen molar-refractivity contribution in [3.63, 3.8) is 0 Å². The summed E-state index contributed by atoms with van der Waals surface area (Å²) < 4.78 is 0. The molecule has 0 bridgehead atoms. The lowest BCUT2D eigenvalue weighted by Crippen LogP contribution is -2.61. The van der Waals surface area contributed by atoms with Crippen molar-refractivity contribution in [2.75, 3.05) is 18.4 Å². The van der Waals surface area contributed by atoms with Crippen molar-refractivity contribution in [2.24, 2.45) is 0 Å². The zero-order valence-corrected chi connectivity index (χ0v) is 15.1. The van der Waals surface area contributed by atoms with Crippen LogP contribution in [0.4, 0.5) is 9.80 Å². The van der Waals surface area contributed by atoms with Gasteiger partial charge in [-0.15, -0.1) is 11.3 Å². The third-order valence-corrected chi connectivity index (χ3v) is 5.41. The Labute approximate surface area is 142 Å². The van der Waals surface area contributed by atoms with Crippen LogP contribution in [0, 0.1) is 6.92 Å². The molecule has 1 aromatic rings. The van der Waals surface area contributed by atoms with Crippen LogP contribution in [-0.4, -0.2) is 35.5 Å². The molecular weight excluding hydrogens is 310 g/mol. The van der Waals surface area contributed by atoms with E-state index in [1.54, 1.807) is 0 Å². The van der Waals surface area contributed by atoms with Gasteiger partial charge in [0.05, 0.1) is 5.00 Å². The summed E-state index contributed by atoms with van der Waals surface area (Å²) in [6, 6.07) is 3.58. The van der Waals surface area contributed by atoms with Crippen LogP contribution < -0.4 is 10.6 Å². The van der Waals surface area contributed by atoms with E-state index in [1.165, 1.54) is 11.3 Å². The van der Waals surface area contributed by atoms with Crippen LogP contribution in [0.2, 0.25) is 0 Å². The van der Waals surface area contributed by atoms with Crippen LogP contribution in [0.5, 0.6) is 0 Å². The predicted octanol–water partition coefficient (Wildman–Crippen LogP) is 3.75. The fraction of sp³-hybridized carbons (Fsp3) is 0.647. The zero-order chi connectivity index (χ0) is 16.9. The second kappa shape index (κ2) is 7.81. The van der Waals surface area contributed by atoms with Gasteiger partial charge >= 0.3 is 6.03 Å². The SMILES string of the molecule is CCN(CC)C(=O)C1(NC(=O)Nc2ccc(C)s2)CCCCC1. The van der Waals surface area contributed by atoms with Gasteiger partial charge in [0.25, 0.3) is 0 Å². The second-order valence-electron chi connectivity index (χ2n) is 6.11. The minimum atomic E-state index is -0.749. The summed E-state index contributed by atoms with van der Waals surface area (Å²) in [5.41, 5.74) is -0.749. The monoisotopic (exact) mass is 337 g/mol. The average molecular weight is 337 g/mol. The number of nitrogens with one attached hydrogen (secondary N) is 2. The smallest absolute Gasteiger partial charge is 0.320 e.